The predicted octanol–water partition coefficient (Wildman–Crippen LogP) is 3.98. The van der Waals surface area contributed by atoms with Crippen LogP contribution in [0.25, 0.3) is 0 Å². The Morgan fingerprint density at radius 3 is 2.50 bits per heavy atom. The second-order valence-corrected chi connectivity index (χ2v) is 6.29. The summed E-state index contributed by atoms with van der Waals surface area (Å²) in [5.41, 5.74) is 0. The molecular weight excluding hydrogens is 194 g/mol. The van der Waals surface area contributed by atoms with E-state index in [1.807, 2.05) is 0 Å². The van der Waals surface area contributed by atoms with Crippen LogP contribution in [-0.4, -0.2) is 12.1 Å². The second kappa shape index (κ2) is 5.53. The van der Waals surface area contributed by atoms with Crippen molar-refractivity contribution in [3.05, 3.63) is 0 Å². The summed E-state index contributed by atoms with van der Waals surface area (Å²) in [5.74, 6) is 2.88. The fourth-order valence-corrected chi connectivity index (χ4v) is 3.36. The molecule has 2 saturated carbocycles. The van der Waals surface area contributed by atoms with Crippen LogP contribution in [-0.2, 0) is 0 Å². The maximum atomic E-state index is 3.78. The van der Waals surface area contributed by atoms with Gasteiger partial charge in [-0.15, -0.1) is 0 Å². The van der Waals surface area contributed by atoms with E-state index in [9.17, 15) is 0 Å². The van der Waals surface area contributed by atoms with Gasteiger partial charge in [0, 0.05) is 12.1 Å². The third kappa shape index (κ3) is 3.23. The highest BCUT2D eigenvalue weighted by Gasteiger charge is 2.31. The molecule has 0 aromatic rings. The molecule has 0 aliphatic heterocycles. The molecule has 2 fully saturated rings. The van der Waals surface area contributed by atoms with Gasteiger partial charge < -0.3 is 5.32 Å². The topological polar surface area (TPSA) is 12.0 Å². The second-order valence-electron chi connectivity index (χ2n) is 6.29. The molecule has 0 saturated heterocycles. The highest BCUT2D eigenvalue weighted by Crippen LogP contribution is 2.36. The monoisotopic (exact) mass is 223 g/mol. The molecule has 0 radical (unpaired) electrons. The molecule has 0 aromatic heterocycles. The summed E-state index contributed by atoms with van der Waals surface area (Å²) < 4.78 is 0. The normalized spacial score (nSPS) is 34.7. The average molecular weight is 223 g/mol. The molecule has 0 bridgehead atoms. The molecule has 1 N–H and O–H groups in total. The van der Waals surface area contributed by atoms with Crippen LogP contribution >= 0.6 is 0 Å². The zero-order chi connectivity index (χ0) is 11.5. The van der Waals surface area contributed by atoms with Crippen LogP contribution in [0, 0.1) is 17.8 Å². The van der Waals surface area contributed by atoms with E-state index in [-0.39, 0.29) is 0 Å². The SMILES string of the molecule is CCC1CCCC(C(C)C(C)NC2CC2)C1. The minimum absolute atomic E-state index is 0.730. The lowest BCUT2D eigenvalue weighted by atomic mass is 9.73. The molecule has 2 aliphatic carbocycles. The van der Waals surface area contributed by atoms with E-state index in [1.165, 1.54) is 44.9 Å². The van der Waals surface area contributed by atoms with E-state index in [0.29, 0.717) is 0 Å². The minimum Gasteiger partial charge on any atom is -0.311 e. The van der Waals surface area contributed by atoms with Crippen LogP contribution in [0.3, 0.4) is 0 Å². The Kier molecular flexibility index (Phi) is 4.29. The van der Waals surface area contributed by atoms with E-state index >= 15 is 0 Å². The third-order valence-corrected chi connectivity index (χ3v) is 5.01. The van der Waals surface area contributed by atoms with Crippen molar-refractivity contribution in [1.82, 2.24) is 5.32 Å². The van der Waals surface area contributed by atoms with Crippen LogP contribution < -0.4 is 5.32 Å². The van der Waals surface area contributed by atoms with Crippen LogP contribution in [0.1, 0.15) is 65.7 Å². The van der Waals surface area contributed by atoms with Crippen LogP contribution in [0.5, 0.6) is 0 Å². The van der Waals surface area contributed by atoms with Gasteiger partial charge in [-0.1, -0.05) is 39.5 Å². The molecule has 94 valence electrons. The summed E-state index contributed by atoms with van der Waals surface area (Å²) in [4.78, 5) is 0. The first kappa shape index (κ1) is 12.4. The van der Waals surface area contributed by atoms with Gasteiger partial charge in [-0.05, 0) is 43.9 Å². The Hall–Kier alpha value is -0.0400. The Bertz CT molecular complexity index is 209. The Morgan fingerprint density at radius 1 is 1.12 bits per heavy atom. The smallest absolute Gasteiger partial charge is 0.00708 e. The molecule has 16 heavy (non-hydrogen) atoms. The molecule has 2 rings (SSSR count). The van der Waals surface area contributed by atoms with Crippen molar-refractivity contribution in [2.24, 2.45) is 17.8 Å². The lowest BCUT2D eigenvalue weighted by Gasteiger charge is -2.35. The molecule has 1 heteroatoms. The van der Waals surface area contributed by atoms with Crippen molar-refractivity contribution in [2.45, 2.75) is 77.8 Å². The van der Waals surface area contributed by atoms with Gasteiger partial charge >= 0.3 is 0 Å². The number of nitrogens with one attached hydrogen (secondary N) is 1. The van der Waals surface area contributed by atoms with E-state index < -0.39 is 0 Å². The molecule has 2 aliphatic rings. The molecule has 4 unspecified atom stereocenters. The minimum atomic E-state index is 0.730. The number of hydrogen-bond acceptors (Lipinski definition) is 1. The first-order chi connectivity index (χ1) is 7.70. The highest BCUT2D eigenvalue weighted by atomic mass is 15.0. The van der Waals surface area contributed by atoms with E-state index in [0.717, 1.165) is 29.8 Å². The summed E-state index contributed by atoms with van der Waals surface area (Å²) in [5, 5.41) is 3.78. The first-order valence-corrected chi connectivity index (χ1v) is 7.46. The van der Waals surface area contributed by atoms with Gasteiger partial charge in [-0.2, -0.15) is 0 Å². The number of hydrogen-bond donors (Lipinski definition) is 1. The Labute approximate surface area is 101 Å². The maximum absolute atomic E-state index is 3.78. The van der Waals surface area contributed by atoms with Gasteiger partial charge in [-0.3, -0.25) is 0 Å². The summed E-state index contributed by atoms with van der Waals surface area (Å²) in [6.45, 7) is 7.24. The van der Waals surface area contributed by atoms with Crippen molar-refractivity contribution in [3.63, 3.8) is 0 Å². The van der Waals surface area contributed by atoms with Gasteiger partial charge in [0.1, 0.15) is 0 Å². The van der Waals surface area contributed by atoms with Gasteiger partial charge in [-0.25, -0.2) is 0 Å². The first-order valence-electron chi connectivity index (χ1n) is 7.46. The summed E-state index contributed by atoms with van der Waals surface area (Å²) in [7, 11) is 0. The fraction of sp³-hybridized carbons (Fsp3) is 1.00. The average Bonchev–Trinajstić information content (AvgIpc) is 3.12. The van der Waals surface area contributed by atoms with Gasteiger partial charge in [0.2, 0.25) is 0 Å². The Morgan fingerprint density at radius 2 is 1.88 bits per heavy atom. The Balaban J connectivity index is 1.79. The van der Waals surface area contributed by atoms with Gasteiger partial charge in [0.25, 0.3) is 0 Å². The van der Waals surface area contributed by atoms with Crippen molar-refractivity contribution in [2.75, 3.05) is 0 Å². The van der Waals surface area contributed by atoms with Crippen LogP contribution in [0.15, 0.2) is 0 Å². The van der Waals surface area contributed by atoms with Crippen LogP contribution in [0.4, 0.5) is 0 Å². The maximum Gasteiger partial charge on any atom is 0.00708 e. The van der Waals surface area contributed by atoms with E-state index in [1.54, 1.807) is 0 Å². The van der Waals surface area contributed by atoms with Crippen molar-refractivity contribution in [1.29, 1.82) is 0 Å². The van der Waals surface area contributed by atoms with Crippen molar-refractivity contribution < 1.29 is 0 Å². The molecule has 0 aromatic carbocycles. The molecule has 0 amide bonds. The quantitative estimate of drug-likeness (QED) is 0.743. The zero-order valence-corrected chi connectivity index (χ0v) is 11.3. The van der Waals surface area contributed by atoms with Gasteiger partial charge in [0.15, 0.2) is 0 Å². The predicted molar refractivity (Wildman–Crippen MR) is 70.5 cm³/mol. The summed E-state index contributed by atoms with van der Waals surface area (Å²) in [6, 6.07) is 1.59. The number of rotatable bonds is 5. The fourth-order valence-electron chi connectivity index (χ4n) is 3.36. The van der Waals surface area contributed by atoms with E-state index in [4.69, 9.17) is 0 Å². The lowest BCUT2D eigenvalue weighted by molar-refractivity contribution is 0.173. The molecular formula is C15H29N. The van der Waals surface area contributed by atoms with Crippen LogP contribution in [0.2, 0.25) is 0 Å². The molecule has 0 heterocycles. The summed E-state index contributed by atoms with van der Waals surface area (Å²) in [6.07, 6.45) is 10.2. The molecule has 1 nitrogen and oxygen atoms in total. The highest BCUT2D eigenvalue weighted by molar-refractivity contribution is 4.87. The van der Waals surface area contributed by atoms with Crippen molar-refractivity contribution in [3.8, 4) is 0 Å². The molecule has 0 spiro atoms. The third-order valence-electron chi connectivity index (χ3n) is 5.01. The van der Waals surface area contributed by atoms with E-state index in [2.05, 4.69) is 26.1 Å². The largest absolute Gasteiger partial charge is 0.311 e. The standard InChI is InChI=1S/C15H29N/c1-4-13-6-5-7-14(10-13)11(2)12(3)16-15-8-9-15/h11-16H,4-10H2,1-3H3. The summed E-state index contributed by atoms with van der Waals surface area (Å²) >= 11 is 0. The molecule has 4 atom stereocenters. The van der Waals surface area contributed by atoms with Crippen molar-refractivity contribution >= 4 is 0 Å². The lowest BCUT2D eigenvalue weighted by Crippen LogP contribution is -2.38. The van der Waals surface area contributed by atoms with Gasteiger partial charge in [0.05, 0.1) is 0 Å². The zero-order valence-electron chi connectivity index (χ0n) is 11.3.